The second kappa shape index (κ2) is 7.23. The Hall–Kier alpha value is -2.41. The first-order valence-corrected chi connectivity index (χ1v) is 7.68. The van der Waals surface area contributed by atoms with Gasteiger partial charge in [0.05, 0.1) is 16.6 Å². The molecule has 0 atom stereocenters. The van der Waals surface area contributed by atoms with Crippen molar-refractivity contribution in [2.75, 3.05) is 5.32 Å². The molecule has 1 N–H and O–H groups in total. The molecule has 0 radical (unpaired) electrons. The number of carbonyl (C=O) groups is 1. The highest BCUT2D eigenvalue weighted by molar-refractivity contribution is 9.10. The van der Waals surface area contributed by atoms with Gasteiger partial charge in [-0.25, -0.2) is 0 Å². The molecule has 7 heteroatoms. The molecule has 0 aliphatic carbocycles. The zero-order valence-electron chi connectivity index (χ0n) is 12.6. The van der Waals surface area contributed by atoms with Gasteiger partial charge in [-0.15, -0.1) is 0 Å². The van der Waals surface area contributed by atoms with E-state index in [4.69, 9.17) is 4.74 Å². The Morgan fingerprint density at radius 1 is 1.22 bits per heavy atom. The maximum atomic E-state index is 12.4. The molecule has 2 aromatic carbocycles. The smallest absolute Gasteiger partial charge is 0.269 e. The highest BCUT2D eigenvalue weighted by Crippen LogP contribution is 2.25. The molecule has 0 aliphatic heterocycles. The molecule has 0 unspecified atom stereocenters. The number of amides is 1. The number of nitrogens with one attached hydrogen (secondary N) is 1. The van der Waals surface area contributed by atoms with Crippen LogP contribution in [-0.2, 0) is 0 Å². The summed E-state index contributed by atoms with van der Waals surface area (Å²) in [6, 6.07) is 10.8. The van der Waals surface area contributed by atoms with E-state index >= 15 is 0 Å². The minimum Gasteiger partial charge on any atom is -0.490 e. The SMILES string of the molecule is CC(C)Oc1ccc(Br)cc1C(=O)Nc1ccc([N+](=O)[O-])cc1. The van der Waals surface area contributed by atoms with E-state index in [0.29, 0.717) is 17.0 Å². The lowest BCUT2D eigenvalue weighted by atomic mass is 10.1. The van der Waals surface area contributed by atoms with E-state index in [1.165, 1.54) is 24.3 Å². The number of nitro benzene ring substituents is 1. The number of nitro groups is 1. The number of ether oxygens (including phenoxy) is 1. The number of nitrogens with zero attached hydrogens (tertiary/aromatic N) is 1. The standard InChI is InChI=1S/C16H15BrN2O4/c1-10(2)23-15-8-3-11(17)9-14(15)16(20)18-12-4-6-13(7-5-12)19(21)22/h3-10H,1-2H3,(H,18,20). The van der Waals surface area contributed by atoms with Crippen LogP contribution in [0.25, 0.3) is 0 Å². The van der Waals surface area contributed by atoms with E-state index in [1.807, 2.05) is 13.8 Å². The Morgan fingerprint density at radius 2 is 1.87 bits per heavy atom. The number of hydrogen-bond acceptors (Lipinski definition) is 4. The molecule has 0 aliphatic rings. The zero-order chi connectivity index (χ0) is 17.0. The van der Waals surface area contributed by atoms with Crippen molar-refractivity contribution in [2.45, 2.75) is 20.0 Å². The molecule has 0 bridgehead atoms. The molecular formula is C16H15BrN2O4. The van der Waals surface area contributed by atoms with Crippen LogP contribution < -0.4 is 10.1 Å². The second-order valence-corrected chi connectivity index (χ2v) is 5.98. The number of rotatable bonds is 5. The van der Waals surface area contributed by atoms with Gasteiger partial charge in [0.25, 0.3) is 11.6 Å². The average Bonchev–Trinajstić information content (AvgIpc) is 2.49. The Balaban J connectivity index is 2.23. The molecule has 2 aromatic rings. The lowest BCUT2D eigenvalue weighted by Gasteiger charge is -2.14. The van der Waals surface area contributed by atoms with Crippen molar-refractivity contribution in [3.05, 3.63) is 62.6 Å². The van der Waals surface area contributed by atoms with Gasteiger partial charge in [-0.05, 0) is 44.2 Å². The van der Waals surface area contributed by atoms with Crippen molar-refractivity contribution in [1.82, 2.24) is 0 Å². The number of non-ortho nitro benzene ring substituents is 1. The van der Waals surface area contributed by atoms with Gasteiger partial charge in [0, 0.05) is 22.3 Å². The molecule has 0 saturated carbocycles. The maximum Gasteiger partial charge on any atom is 0.269 e. The molecule has 2 rings (SSSR count). The summed E-state index contributed by atoms with van der Waals surface area (Å²) >= 11 is 3.33. The van der Waals surface area contributed by atoms with E-state index in [9.17, 15) is 14.9 Å². The van der Waals surface area contributed by atoms with Gasteiger partial charge < -0.3 is 10.1 Å². The quantitative estimate of drug-likeness (QED) is 0.617. The summed E-state index contributed by atoms with van der Waals surface area (Å²) in [6.45, 7) is 3.75. The fraction of sp³-hybridized carbons (Fsp3) is 0.188. The van der Waals surface area contributed by atoms with Crippen LogP contribution in [0.15, 0.2) is 46.9 Å². The van der Waals surface area contributed by atoms with Gasteiger partial charge in [0.1, 0.15) is 5.75 Å². The summed E-state index contributed by atoms with van der Waals surface area (Å²) in [6.07, 6.45) is -0.0675. The first-order chi connectivity index (χ1) is 10.9. The number of halogens is 1. The van der Waals surface area contributed by atoms with E-state index in [2.05, 4.69) is 21.2 Å². The molecule has 6 nitrogen and oxygen atoms in total. The summed E-state index contributed by atoms with van der Waals surface area (Å²) in [5, 5.41) is 13.3. The van der Waals surface area contributed by atoms with Crippen LogP contribution in [0.1, 0.15) is 24.2 Å². The number of hydrogen-bond donors (Lipinski definition) is 1. The Labute approximate surface area is 141 Å². The molecule has 120 valence electrons. The monoisotopic (exact) mass is 378 g/mol. The van der Waals surface area contributed by atoms with Crippen molar-refractivity contribution < 1.29 is 14.5 Å². The van der Waals surface area contributed by atoms with Gasteiger partial charge >= 0.3 is 0 Å². The third kappa shape index (κ3) is 4.53. The van der Waals surface area contributed by atoms with Crippen molar-refractivity contribution in [3.63, 3.8) is 0 Å². The average molecular weight is 379 g/mol. The highest BCUT2D eigenvalue weighted by Gasteiger charge is 2.15. The third-order valence-electron chi connectivity index (χ3n) is 2.88. The van der Waals surface area contributed by atoms with Gasteiger partial charge in [0.15, 0.2) is 0 Å². The molecule has 1 amide bonds. The van der Waals surface area contributed by atoms with Gasteiger partial charge in [-0.1, -0.05) is 15.9 Å². The second-order valence-electron chi connectivity index (χ2n) is 5.07. The van der Waals surface area contributed by atoms with Crippen LogP contribution in [0, 0.1) is 10.1 Å². The Morgan fingerprint density at radius 3 is 2.43 bits per heavy atom. The third-order valence-corrected chi connectivity index (χ3v) is 3.38. The molecule has 0 heterocycles. The number of carbonyl (C=O) groups excluding carboxylic acids is 1. The van der Waals surface area contributed by atoms with Gasteiger partial charge in [-0.2, -0.15) is 0 Å². The molecule has 0 spiro atoms. The first-order valence-electron chi connectivity index (χ1n) is 6.89. The fourth-order valence-electron chi connectivity index (χ4n) is 1.90. The molecular weight excluding hydrogens is 364 g/mol. The van der Waals surface area contributed by atoms with Crippen LogP contribution in [0.2, 0.25) is 0 Å². The highest BCUT2D eigenvalue weighted by atomic mass is 79.9. The first kappa shape index (κ1) is 17.0. The van der Waals surface area contributed by atoms with Crippen LogP contribution in [0.4, 0.5) is 11.4 Å². The van der Waals surface area contributed by atoms with Crippen molar-refractivity contribution >= 4 is 33.2 Å². The van der Waals surface area contributed by atoms with Crippen molar-refractivity contribution in [3.8, 4) is 5.75 Å². The predicted molar refractivity (Wildman–Crippen MR) is 91.0 cm³/mol. The van der Waals surface area contributed by atoms with Gasteiger partial charge in [0.2, 0.25) is 0 Å². The normalized spacial score (nSPS) is 10.4. The van der Waals surface area contributed by atoms with Crippen LogP contribution in [0.5, 0.6) is 5.75 Å². The Kier molecular flexibility index (Phi) is 5.33. The van der Waals surface area contributed by atoms with E-state index in [-0.39, 0.29) is 17.7 Å². The van der Waals surface area contributed by atoms with Crippen molar-refractivity contribution in [2.24, 2.45) is 0 Å². The molecule has 0 fully saturated rings. The van der Waals surface area contributed by atoms with Gasteiger partial charge in [-0.3, -0.25) is 14.9 Å². The summed E-state index contributed by atoms with van der Waals surface area (Å²) < 4.78 is 6.39. The minimum atomic E-state index is -0.492. The summed E-state index contributed by atoms with van der Waals surface area (Å²) in [7, 11) is 0. The largest absolute Gasteiger partial charge is 0.490 e. The fourth-order valence-corrected chi connectivity index (χ4v) is 2.26. The topological polar surface area (TPSA) is 81.5 Å². The minimum absolute atomic E-state index is 0.0331. The predicted octanol–water partition coefficient (Wildman–Crippen LogP) is 4.40. The lowest BCUT2D eigenvalue weighted by Crippen LogP contribution is -2.15. The number of benzene rings is 2. The van der Waals surface area contributed by atoms with Crippen LogP contribution in [-0.4, -0.2) is 16.9 Å². The van der Waals surface area contributed by atoms with E-state index in [1.54, 1.807) is 18.2 Å². The summed E-state index contributed by atoms with van der Waals surface area (Å²) in [5.41, 5.74) is 0.816. The molecule has 0 aromatic heterocycles. The number of anilines is 1. The molecule has 23 heavy (non-hydrogen) atoms. The van der Waals surface area contributed by atoms with Crippen LogP contribution >= 0.6 is 15.9 Å². The van der Waals surface area contributed by atoms with E-state index < -0.39 is 4.92 Å². The van der Waals surface area contributed by atoms with E-state index in [0.717, 1.165) is 4.47 Å². The summed E-state index contributed by atoms with van der Waals surface area (Å²) in [4.78, 5) is 22.6. The van der Waals surface area contributed by atoms with Crippen LogP contribution in [0.3, 0.4) is 0 Å². The zero-order valence-corrected chi connectivity index (χ0v) is 14.2. The van der Waals surface area contributed by atoms with Crippen molar-refractivity contribution in [1.29, 1.82) is 0 Å². The lowest BCUT2D eigenvalue weighted by molar-refractivity contribution is -0.384. The summed E-state index contributed by atoms with van der Waals surface area (Å²) in [5.74, 6) is 0.124. The molecule has 0 saturated heterocycles. The Bertz CT molecular complexity index is 729. The maximum absolute atomic E-state index is 12.4.